The topological polar surface area (TPSA) is 61.4 Å². The van der Waals surface area contributed by atoms with Gasteiger partial charge in [-0.1, -0.05) is 6.58 Å². The van der Waals surface area contributed by atoms with Gasteiger partial charge < -0.3 is 15.7 Å². The summed E-state index contributed by atoms with van der Waals surface area (Å²) < 4.78 is 0. The van der Waals surface area contributed by atoms with Crippen LogP contribution in [0.1, 0.15) is 6.42 Å². The van der Waals surface area contributed by atoms with Crippen LogP contribution in [0.5, 0.6) is 0 Å². The van der Waals surface area contributed by atoms with E-state index in [-0.39, 0.29) is 12.6 Å². The molecule has 0 saturated carbocycles. The van der Waals surface area contributed by atoms with E-state index >= 15 is 0 Å². The van der Waals surface area contributed by atoms with Crippen LogP contribution in [0, 0.1) is 0 Å². The molecule has 0 aliphatic heterocycles. The fraction of sp³-hybridized carbons (Fsp3) is 0.500. The lowest BCUT2D eigenvalue weighted by Gasteiger charge is -2.01. The quantitative estimate of drug-likeness (QED) is 0.479. The van der Waals surface area contributed by atoms with Gasteiger partial charge in [0.2, 0.25) is 0 Å². The van der Waals surface area contributed by atoms with Crippen molar-refractivity contribution < 1.29 is 9.90 Å². The van der Waals surface area contributed by atoms with Gasteiger partial charge in [-0.15, -0.1) is 0 Å². The molecule has 0 spiro atoms. The lowest BCUT2D eigenvalue weighted by Crippen LogP contribution is -2.32. The molecule has 0 aliphatic rings. The van der Waals surface area contributed by atoms with Crippen molar-refractivity contribution >= 4 is 6.03 Å². The number of aliphatic hydroxyl groups excluding tert-OH is 1. The molecule has 0 radical (unpaired) electrons. The summed E-state index contributed by atoms with van der Waals surface area (Å²) >= 11 is 0. The molecule has 0 heterocycles. The third kappa shape index (κ3) is 5.11. The van der Waals surface area contributed by atoms with E-state index in [1.165, 1.54) is 6.20 Å². The summed E-state index contributed by atoms with van der Waals surface area (Å²) in [5, 5.41) is 13.2. The Morgan fingerprint density at radius 3 is 2.90 bits per heavy atom. The number of carbonyl (C=O) groups excluding carboxylic acids is 1. The number of carbonyl (C=O) groups is 1. The second-order valence-electron chi connectivity index (χ2n) is 1.68. The van der Waals surface area contributed by atoms with Crippen molar-refractivity contribution in [3.05, 3.63) is 12.8 Å². The van der Waals surface area contributed by atoms with Crippen molar-refractivity contribution in [2.45, 2.75) is 6.42 Å². The fourth-order valence-electron chi connectivity index (χ4n) is 0.425. The van der Waals surface area contributed by atoms with Gasteiger partial charge in [0, 0.05) is 13.2 Å². The summed E-state index contributed by atoms with van der Waals surface area (Å²) in [6.45, 7) is 3.88. The SMILES string of the molecule is C=CNC(=O)NCCCO. The Bertz CT molecular complexity index is 114. The smallest absolute Gasteiger partial charge is 0.318 e. The van der Waals surface area contributed by atoms with Crippen LogP contribution in [0.15, 0.2) is 12.8 Å². The van der Waals surface area contributed by atoms with E-state index in [0.29, 0.717) is 13.0 Å². The Hall–Kier alpha value is -1.03. The minimum absolute atomic E-state index is 0.0916. The summed E-state index contributed by atoms with van der Waals surface area (Å²) in [5.74, 6) is 0. The van der Waals surface area contributed by atoms with Crippen LogP contribution < -0.4 is 10.6 Å². The third-order valence-electron chi connectivity index (χ3n) is 0.854. The van der Waals surface area contributed by atoms with Crippen LogP contribution >= 0.6 is 0 Å². The van der Waals surface area contributed by atoms with Gasteiger partial charge in [-0.3, -0.25) is 0 Å². The zero-order valence-corrected chi connectivity index (χ0v) is 5.76. The molecule has 0 rings (SSSR count). The van der Waals surface area contributed by atoms with Crippen molar-refractivity contribution in [1.82, 2.24) is 10.6 Å². The maximum atomic E-state index is 10.5. The van der Waals surface area contributed by atoms with Crippen molar-refractivity contribution in [3.8, 4) is 0 Å². The molecule has 58 valence electrons. The zero-order chi connectivity index (χ0) is 7.82. The number of amides is 2. The fourth-order valence-corrected chi connectivity index (χ4v) is 0.425. The first-order valence-corrected chi connectivity index (χ1v) is 3.07. The van der Waals surface area contributed by atoms with E-state index in [1.807, 2.05) is 0 Å². The summed E-state index contributed by atoms with van der Waals surface area (Å²) in [5.41, 5.74) is 0. The highest BCUT2D eigenvalue weighted by molar-refractivity contribution is 5.74. The van der Waals surface area contributed by atoms with E-state index in [1.54, 1.807) is 0 Å². The lowest BCUT2D eigenvalue weighted by atomic mass is 10.4. The first kappa shape index (κ1) is 8.97. The van der Waals surface area contributed by atoms with Crippen LogP contribution in [0.2, 0.25) is 0 Å². The van der Waals surface area contributed by atoms with Crippen LogP contribution in [0.4, 0.5) is 4.79 Å². The molecular weight excluding hydrogens is 132 g/mol. The Labute approximate surface area is 59.9 Å². The molecular formula is C6H12N2O2. The highest BCUT2D eigenvalue weighted by atomic mass is 16.3. The number of aliphatic hydroxyl groups is 1. The maximum absolute atomic E-state index is 10.5. The molecule has 0 aliphatic carbocycles. The van der Waals surface area contributed by atoms with Gasteiger partial charge in [0.15, 0.2) is 0 Å². The van der Waals surface area contributed by atoms with Crippen LogP contribution in [-0.2, 0) is 0 Å². The van der Waals surface area contributed by atoms with Gasteiger partial charge >= 0.3 is 6.03 Å². The minimum Gasteiger partial charge on any atom is -0.396 e. The molecule has 2 amide bonds. The number of urea groups is 1. The first-order chi connectivity index (χ1) is 4.81. The largest absolute Gasteiger partial charge is 0.396 e. The number of rotatable bonds is 4. The molecule has 0 bridgehead atoms. The number of hydrogen-bond donors (Lipinski definition) is 3. The summed E-state index contributed by atoms with van der Waals surface area (Å²) in [4.78, 5) is 10.5. The monoisotopic (exact) mass is 144 g/mol. The van der Waals surface area contributed by atoms with E-state index in [2.05, 4.69) is 17.2 Å². The average Bonchev–Trinajstić information content (AvgIpc) is 1.89. The Kier molecular flexibility index (Phi) is 5.47. The van der Waals surface area contributed by atoms with E-state index in [0.717, 1.165) is 0 Å². The Morgan fingerprint density at radius 1 is 1.70 bits per heavy atom. The van der Waals surface area contributed by atoms with E-state index in [9.17, 15) is 4.79 Å². The molecule has 0 fully saturated rings. The highest BCUT2D eigenvalue weighted by Gasteiger charge is 1.92. The van der Waals surface area contributed by atoms with Crippen molar-refractivity contribution in [1.29, 1.82) is 0 Å². The third-order valence-corrected chi connectivity index (χ3v) is 0.854. The first-order valence-electron chi connectivity index (χ1n) is 3.07. The van der Waals surface area contributed by atoms with E-state index < -0.39 is 0 Å². The highest BCUT2D eigenvalue weighted by Crippen LogP contribution is 1.71. The van der Waals surface area contributed by atoms with Crippen LogP contribution in [0.25, 0.3) is 0 Å². The predicted molar refractivity (Wildman–Crippen MR) is 38.4 cm³/mol. The number of hydrogen-bond acceptors (Lipinski definition) is 2. The molecule has 0 aromatic rings. The molecule has 0 saturated heterocycles. The lowest BCUT2D eigenvalue weighted by molar-refractivity contribution is 0.241. The van der Waals surface area contributed by atoms with Crippen molar-refractivity contribution in [2.24, 2.45) is 0 Å². The summed E-state index contributed by atoms with van der Waals surface area (Å²) in [7, 11) is 0. The second kappa shape index (κ2) is 6.10. The molecule has 4 heteroatoms. The molecule has 0 atom stereocenters. The average molecular weight is 144 g/mol. The Morgan fingerprint density at radius 2 is 2.40 bits per heavy atom. The standard InChI is InChI=1S/C6H12N2O2/c1-2-7-6(10)8-4-3-5-9/h2,9H,1,3-5H2,(H2,7,8,10). The van der Waals surface area contributed by atoms with Gasteiger partial charge in [-0.2, -0.15) is 0 Å². The van der Waals surface area contributed by atoms with E-state index in [4.69, 9.17) is 5.11 Å². The summed E-state index contributed by atoms with van der Waals surface area (Å²) in [6, 6.07) is -0.288. The van der Waals surface area contributed by atoms with Crippen molar-refractivity contribution in [2.75, 3.05) is 13.2 Å². The second-order valence-corrected chi connectivity index (χ2v) is 1.68. The van der Waals surface area contributed by atoms with Gasteiger partial charge in [0.25, 0.3) is 0 Å². The van der Waals surface area contributed by atoms with Crippen LogP contribution in [-0.4, -0.2) is 24.3 Å². The molecule has 3 N–H and O–H groups in total. The minimum atomic E-state index is -0.288. The van der Waals surface area contributed by atoms with Gasteiger partial charge in [-0.25, -0.2) is 4.79 Å². The molecule has 0 aromatic carbocycles. The molecule has 0 unspecified atom stereocenters. The van der Waals surface area contributed by atoms with Crippen LogP contribution in [0.3, 0.4) is 0 Å². The maximum Gasteiger partial charge on any atom is 0.318 e. The van der Waals surface area contributed by atoms with Gasteiger partial charge in [-0.05, 0) is 12.6 Å². The summed E-state index contributed by atoms with van der Waals surface area (Å²) in [6.07, 6.45) is 1.87. The Balaban J connectivity index is 3.13. The predicted octanol–water partition coefficient (Wildman–Crippen LogP) is -0.189. The molecule has 0 aromatic heterocycles. The van der Waals surface area contributed by atoms with Gasteiger partial charge in [0.05, 0.1) is 0 Å². The van der Waals surface area contributed by atoms with Gasteiger partial charge in [0.1, 0.15) is 0 Å². The normalized spacial score (nSPS) is 8.50. The molecule has 4 nitrogen and oxygen atoms in total. The van der Waals surface area contributed by atoms with Crippen molar-refractivity contribution in [3.63, 3.8) is 0 Å². The number of nitrogens with one attached hydrogen (secondary N) is 2. The molecule has 10 heavy (non-hydrogen) atoms. The zero-order valence-electron chi connectivity index (χ0n) is 5.76.